The Labute approximate surface area is 96.9 Å². The van der Waals surface area contributed by atoms with E-state index >= 15 is 0 Å². The molecule has 1 atom stereocenters. The quantitative estimate of drug-likeness (QED) is 0.727. The maximum atomic E-state index is 10.9. The molecule has 0 amide bonds. The summed E-state index contributed by atoms with van der Waals surface area (Å²) in [5.41, 5.74) is 0. The van der Waals surface area contributed by atoms with E-state index in [1.165, 1.54) is 0 Å². The van der Waals surface area contributed by atoms with Gasteiger partial charge in [0.25, 0.3) is 0 Å². The maximum Gasteiger partial charge on any atom is 0.332 e. The molecule has 0 aromatic heterocycles. The van der Waals surface area contributed by atoms with Crippen molar-refractivity contribution in [3.63, 3.8) is 0 Å². The standard InChI is InChI=1S/C12H22O4/c1-2-3-4-11(12(13)14)16-9-10-5-7-15-8-6-10/h10-11H,2-9H2,1H3,(H,13,14). The summed E-state index contributed by atoms with van der Waals surface area (Å²) in [6, 6.07) is 0. The van der Waals surface area contributed by atoms with E-state index in [0.29, 0.717) is 18.9 Å². The molecule has 1 aliphatic rings. The Balaban J connectivity index is 2.22. The molecule has 1 aliphatic heterocycles. The van der Waals surface area contributed by atoms with Crippen LogP contribution >= 0.6 is 0 Å². The summed E-state index contributed by atoms with van der Waals surface area (Å²) in [4.78, 5) is 10.9. The Morgan fingerprint density at radius 3 is 2.75 bits per heavy atom. The van der Waals surface area contributed by atoms with Crippen LogP contribution < -0.4 is 0 Å². The molecule has 0 aliphatic carbocycles. The number of unbranched alkanes of at least 4 members (excludes halogenated alkanes) is 1. The van der Waals surface area contributed by atoms with Gasteiger partial charge >= 0.3 is 5.97 Å². The SMILES string of the molecule is CCCCC(OCC1CCOCC1)C(=O)O. The predicted octanol–water partition coefficient (Wildman–Crippen LogP) is 2.07. The largest absolute Gasteiger partial charge is 0.479 e. The van der Waals surface area contributed by atoms with Gasteiger partial charge in [0.15, 0.2) is 6.10 Å². The van der Waals surface area contributed by atoms with Crippen LogP contribution in [0.15, 0.2) is 0 Å². The van der Waals surface area contributed by atoms with E-state index in [4.69, 9.17) is 14.6 Å². The van der Waals surface area contributed by atoms with Gasteiger partial charge in [0, 0.05) is 13.2 Å². The molecule has 1 N–H and O–H groups in total. The van der Waals surface area contributed by atoms with Crippen molar-refractivity contribution in [1.29, 1.82) is 0 Å². The Morgan fingerprint density at radius 1 is 1.50 bits per heavy atom. The highest BCUT2D eigenvalue weighted by Gasteiger charge is 2.20. The van der Waals surface area contributed by atoms with Gasteiger partial charge < -0.3 is 14.6 Å². The van der Waals surface area contributed by atoms with Gasteiger partial charge in [0.05, 0.1) is 6.61 Å². The second kappa shape index (κ2) is 7.63. The van der Waals surface area contributed by atoms with Crippen molar-refractivity contribution in [2.24, 2.45) is 5.92 Å². The molecule has 0 spiro atoms. The van der Waals surface area contributed by atoms with Crippen molar-refractivity contribution in [2.45, 2.75) is 45.1 Å². The van der Waals surface area contributed by atoms with Gasteiger partial charge in [-0.3, -0.25) is 0 Å². The molecule has 1 unspecified atom stereocenters. The highest BCUT2D eigenvalue weighted by atomic mass is 16.5. The fraction of sp³-hybridized carbons (Fsp3) is 0.917. The second-order valence-corrected chi connectivity index (χ2v) is 4.36. The molecule has 1 fully saturated rings. The Kier molecular flexibility index (Phi) is 6.42. The fourth-order valence-electron chi connectivity index (χ4n) is 1.83. The van der Waals surface area contributed by atoms with Crippen molar-refractivity contribution in [3.8, 4) is 0 Å². The van der Waals surface area contributed by atoms with E-state index in [0.717, 1.165) is 38.9 Å². The van der Waals surface area contributed by atoms with Crippen molar-refractivity contribution < 1.29 is 19.4 Å². The van der Waals surface area contributed by atoms with E-state index in [9.17, 15) is 4.79 Å². The molecule has 0 radical (unpaired) electrons. The lowest BCUT2D eigenvalue weighted by molar-refractivity contribution is -0.152. The van der Waals surface area contributed by atoms with E-state index in [1.807, 2.05) is 0 Å². The molecular weight excluding hydrogens is 208 g/mol. The average Bonchev–Trinajstić information content (AvgIpc) is 2.30. The summed E-state index contributed by atoms with van der Waals surface area (Å²) >= 11 is 0. The van der Waals surface area contributed by atoms with E-state index in [2.05, 4.69) is 6.92 Å². The zero-order chi connectivity index (χ0) is 11.8. The Hall–Kier alpha value is -0.610. The smallest absolute Gasteiger partial charge is 0.332 e. The molecule has 4 heteroatoms. The third-order valence-corrected chi connectivity index (χ3v) is 2.97. The van der Waals surface area contributed by atoms with Gasteiger partial charge in [-0.25, -0.2) is 4.79 Å². The van der Waals surface area contributed by atoms with E-state index in [1.54, 1.807) is 0 Å². The van der Waals surface area contributed by atoms with Crippen LogP contribution in [0.3, 0.4) is 0 Å². The van der Waals surface area contributed by atoms with Crippen LogP contribution in [0.25, 0.3) is 0 Å². The van der Waals surface area contributed by atoms with Gasteiger partial charge in [0.2, 0.25) is 0 Å². The number of rotatable bonds is 7. The third kappa shape index (κ3) is 4.94. The average molecular weight is 230 g/mol. The van der Waals surface area contributed by atoms with Crippen LogP contribution in [0, 0.1) is 5.92 Å². The molecule has 0 aromatic rings. The minimum atomic E-state index is -0.833. The molecule has 0 bridgehead atoms. The summed E-state index contributed by atoms with van der Waals surface area (Å²) < 4.78 is 10.7. The topological polar surface area (TPSA) is 55.8 Å². The molecule has 1 heterocycles. The first-order valence-electron chi connectivity index (χ1n) is 6.16. The van der Waals surface area contributed by atoms with Gasteiger partial charge in [-0.15, -0.1) is 0 Å². The summed E-state index contributed by atoms with van der Waals surface area (Å²) in [6.45, 7) is 4.17. The normalized spacial score (nSPS) is 19.6. The second-order valence-electron chi connectivity index (χ2n) is 4.36. The lowest BCUT2D eigenvalue weighted by Crippen LogP contribution is -2.28. The maximum absolute atomic E-state index is 10.9. The molecule has 0 saturated carbocycles. The van der Waals surface area contributed by atoms with Crippen molar-refractivity contribution >= 4 is 5.97 Å². The number of carboxylic acids is 1. The first-order chi connectivity index (χ1) is 7.74. The van der Waals surface area contributed by atoms with Crippen LogP contribution in [-0.4, -0.2) is 37.0 Å². The number of carbonyl (C=O) groups is 1. The lowest BCUT2D eigenvalue weighted by Gasteiger charge is -2.23. The van der Waals surface area contributed by atoms with Crippen LogP contribution in [0.4, 0.5) is 0 Å². The zero-order valence-corrected chi connectivity index (χ0v) is 9.98. The van der Waals surface area contributed by atoms with Crippen LogP contribution in [0.1, 0.15) is 39.0 Å². The molecule has 1 rings (SSSR count). The van der Waals surface area contributed by atoms with Crippen LogP contribution in [-0.2, 0) is 14.3 Å². The lowest BCUT2D eigenvalue weighted by atomic mass is 10.0. The molecule has 1 saturated heterocycles. The number of hydrogen-bond acceptors (Lipinski definition) is 3. The monoisotopic (exact) mass is 230 g/mol. The first kappa shape index (κ1) is 13.5. The summed E-state index contributed by atoms with van der Waals surface area (Å²) in [7, 11) is 0. The highest BCUT2D eigenvalue weighted by Crippen LogP contribution is 2.16. The fourth-order valence-corrected chi connectivity index (χ4v) is 1.83. The molecule has 94 valence electrons. The number of carboxylic acid groups (broad SMARTS) is 1. The third-order valence-electron chi connectivity index (χ3n) is 2.97. The number of hydrogen-bond donors (Lipinski definition) is 1. The van der Waals surface area contributed by atoms with E-state index in [-0.39, 0.29) is 0 Å². The van der Waals surface area contributed by atoms with Gasteiger partial charge in [-0.1, -0.05) is 19.8 Å². The Bertz CT molecular complexity index is 199. The highest BCUT2D eigenvalue weighted by molar-refractivity contribution is 5.72. The Morgan fingerprint density at radius 2 is 2.19 bits per heavy atom. The van der Waals surface area contributed by atoms with E-state index < -0.39 is 12.1 Å². The van der Waals surface area contributed by atoms with Gasteiger partial charge in [-0.2, -0.15) is 0 Å². The van der Waals surface area contributed by atoms with Crippen molar-refractivity contribution in [2.75, 3.05) is 19.8 Å². The molecule has 0 aromatic carbocycles. The van der Waals surface area contributed by atoms with Gasteiger partial charge in [-0.05, 0) is 25.2 Å². The zero-order valence-electron chi connectivity index (χ0n) is 9.98. The minimum absolute atomic E-state index is 0.470. The molecule has 16 heavy (non-hydrogen) atoms. The van der Waals surface area contributed by atoms with Crippen molar-refractivity contribution in [3.05, 3.63) is 0 Å². The minimum Gasteiger partial charge on any atom is -0.479 e. The summed E-state index contributed by atoms with van der Waals surface area (Å²) in [5.74, 6) is -0.363. The van der Waals surface area contributed by atoms with Crippen LogP contribution in [0.5, 0.6) is 0 Å². The molecule has 4 nitrogen and oxygen atoms in total. The molecular formula is C12H22O4. The van der Waals surface area contributed by atoms with Crippen LogP contribution in [0.2, 0.25) is 0 Å². The number of ether oxygens (including phenoxy) is 2. The summed E-state index contributed by atoms with van der Waals surface area (Å²) in [5, 5.41) is 8.98. The number of aliphatic carboxylic acids is 1. The predicted molar refractivity (Wildman–Crippen MR) is 60.4 cm³/mol. The van der Waals surface area contributed by atoms with Gasteiger partial charge in [0.1, 0.15) is 0 Å². The first-order valence-corrected chi connectivity index (χ1v) is 6.16. The van der Waals surface area contributed by atoms with Crippen molar-refractivity contribution in [1.82, 2.24) is 0 Å². The summed E-state index contributed by atoms with van der Waals surface area (Å²) in [6.07, 6.45) is 3.88.